The second-order valence-corrected chi connectivity index (χ2v) is 5.85. The number of aromatic nitrogens is 1. The molecule has 20 heavy (non-hydrogen) atoms. The van der Waals surface area contributed by atoms with Gasteiger partial charge in [0.1, 0.15) is 0 Å². The minimum absolute atomic E-state index is 0.00415. The van der Waals surface area contributed by atoms with Crippen molar-refractivity contribution in [3.05, 3.63) is 62.3 Å². The van der Waals surface area contributed by atoms with Crippen molar-refractivity contribution < 1.29 is 13.2 Å². The molecule has 1 aromatic heterocycles. The van der Waals surface area contributed by atoms with Gasteiger partial charge in [-0.2, -0.15) is 13.2 Å². The third-order valence-electron chi connectivity index (χ3n) is 2.73. The molecule has 1 aromatic carbocycles. The Morgan fingerprint density at radius 2 is 1.80 bits per heavy atom. The normalized spacial score (nSPS) is 13.3. The number of halogens is 5. The van der Waals surface area contributed by atoms with Crippen molar-refractivity contribution in [2.45, 2.75) is 12.2 Å². The summed E-state index contributed by atoms with van der Waals surface area (Å²) in [6.45, 7) is 0. The van der Waals surface area contributed by atoms with Crippen LogP contribution in [-0.4, -0.2) is 4.98 Å². The van der Waals surface area contributed by atoms with Gasteiger partial charge in [-0.15, -0.1) is 0 Å². The molecule has 2 aromatic rings. The maximum Gasteiger partial charge on any atom is 0.416 e. The largest absolute Gasteiger partial charge is 0.416 e. The highest BCUT2D eigenvalue weighted by Gasteiger charge is 2.35. The van der Waals surface area contributed by atoms with E-state index in [0.29, 0.717) is 14.6 Å². The summed E-state index contributed by atoms with van der Waals surface area (Å²) in [5, 5.41) is 0. The molecule has 7 heteroatoms. The van der Waals surface area contributed by atoms with E-state index < -0.39 is 17.8 Å². The van der Waals surface area contributed by atoms with Crippen LogP contribution in [0.4, 0.5) is 13.2 Å². The molecule has 0 bridgehead atoms. The zero-order valence-electron chi connectivity index (χ0n) is 9.96. The molecule has 0 saturated heterocycles. The van der Waals surface area contributed by atoms with Crippen LogP contribution in [0.25, 0.3) is 0 Å². The number of alkyl halides is 3. The van der Waals surface area contributed by atoms with E-state index in [4.69, 9.17) is 5.73 Å². The van der Waals surface area contributed by atoms with E-state index in [2.05, 4.69) is 36.8 Å². The minimum atomic E-state index is -4.45. The van der Waals surface area contributed by atoms with Gasteiger partial charge in [0.25, 0.3) is 0 Å². The lowest BCUT2D eigenvalue weighted by atomic mass is 9.98. The van der Waals surface area contributed by atoms with Gasteiger partial charge < -0.3 is 5.73 Å². The van der Waals surface area contributed by atoms with Crippen LogP contribution in [0.5, 0.6) is 0 Å². The third kappa shape index (κ3) is 3.21. The van der Waals surface area contributed by atoms with Gasteiger partial charge in [-0.3, -0.25) is 4.98 Å². The van der Waals surface area contributed by atoms with Gasteiger partial charge in [0.05, 0.1) is 17.3 Å². The van der Waals surface area contributed by atoms with Gasteiger partial charge in [-0.05, 0) is 49.6 Å². The van der Waals surface area contributed by atoms with Crippen LogP contribution in [0.15, 0.2) is 45.5 Å². The van der Waals surface area contributed by atoms with Crippen molar-refractivity contribution in [1.29, 1.82) is 0 Å². The average molecular weight is 410 g/mol. The van der Waals surface area contributed by atoms with E-state index in [0.717, 1.165) is 6.07 Å². The van der Waals surface area contributed by atoms with Gasteiger partial charge in [0.2, 0.25) is 0 Å². The highest BCUT2D eigenvalue weighted by Crippen LogP contribution is 2.36. The van der Waals surface area contributed by atoms with Crippen LogP contribution in [0.1, 0.15) is 22.9 Å². The summed E-state index contributed by atoms with van der Waals surface area (Å²) >= 11 is 6.50. The summed E-state index contributed by atoms with van der Waals surface area (Å²) in [7, 11) is 0. The lowest BCUT2D eigenvalue weighted by molar-refractivity contribution is -0.138. The number of hydrogen-bond donors (Lipinski definition) is 1. The molecule has 0 amide bonds. The van der Waals surface area contributed by atoms with Crippen LogP contribution in [0.3, 0.4) is 0 Å². The number of nitrogens with two attached hydrogens (primary N) is 1. The van der Waals surface area contributed by atoms with Crippen molar-refractivity contribution in [3.8, 4) is 0 Å². The number of hydrogen-bond acceptors (Lipinski definition) is 2. The molecule has 1 heterocycles. The Labute approximate surface area is 130 Å². The first-order valence-electron chi connectivity index (χ1n) is 5.53. The molecule has 2 N–H and O–H groups in total. The Bertz CT molecular complexity index is 629. The molecule has 106 valence electrons. The minimum Gasteiger partial charge on any atom is -0.319 e. The van der Waals surface area contributed by atoms with Gasteiger partial charge in [0.15, 0.2) is 0 Å². The fraction of sp³-hybridized carbons (Fsp3) is 0.154. The predicted octanol–water partition coefficient (Wildman–Crippen LogP) is 4.67. The standard InChI is InChI=1S/C13H9Br2F3N2/c14-7-5-10(15)12(20-6-7)11(19)8-3-1-2-4-9(8)13(16,17)18/h1-6,11H,19H2. The molecule has 0 radical (unpaired) electrons. The first-order chi connectivity index (χ1) is 9.30. The number of rotatable bonds is 2. The smallest absolute Gasteiger partial charge is 0.319 e. The van der Waals surface area contributed by atoms with E-state index >= 15 is 0 Å². The summed E-state index contributed by atoms with van der Waals surface area (Å²) < 4.78 is 40.2. The fourth-order valence-electron chi connectivity index (χ4n) is 1.83. The lowest BCUT2D eigenvalue weighted by Gasteiger charge is -2.18. The van der Waals surface area contributed by atoms with Crippen LogP contribution >= 0.6 is 31.9 Å². The Balaban J connectivity index is 2.51. The monoisotopic (exact) mass is 408 g/mol. The van der Waals surface area contributed by atoms with E-state index in [1.165, 1.54) is 24.4 Å². The summed E-state index contributed by atoms with van der Waals surface area (Å²) in [6, 6.07) is 5.97. The first kappa shape index (κ1) is 15.5. The van der Waals surface area contributed by atoms with Crippen molar-refractivity contribution in [2.24, 2.45) is 5.73 Å². The van der Waals surface area contributed by atoms with Crippen LogP contribution in [0, 0.1) is 0 Å². The summed E-state index contributed by atoms with van der Waals surface area (Å²) in [4.78, 5) is 4.09. The first-order valence-corrected chi connectivity index (χ1v) is 7.12. The van der Waals surface area contributed by atoms with Crippen molar-refractivity contribution >= 4 is 31.9 Å². The number of pyridine rings is 1. The Morgan fingerprint density at radius 3 is 2.40 bits per heavy atom. The molecule has 2 rings (SSSR count). The molecule has 1 unspecified atom stereocenters. The Hall–Kier alpha value is -0.920. The number of benzene rings is 1. The van der Waals surface area contributed by atoms with Crippen LogP contribution in [0.2, 0.25) is 0 Å². The van der Waals surface area contributed by atoms with Crippen LogP contribution in [-0.2, 0) is 6.18 Å². The van der Waals surface area contributed by atoms with E-state index in [9.17, 15) is 13.2 Å². The predicted molar refractivity (Wildman–Crippen MR) is 77.1 cm³/mol. The molecule has 1 atom stereocenters. The van der Waals surface area contributed by atoms with Crippen molar-refractivity contribution in [2.75, 3.05) is 0 Å². The molecule has 0 aliphatic rings. The van der Waals surface area contributed by atoms with Gasteiger partial charge in [-0.1, -0.05) is 18.2 Å². The molecular formula is C13H9Br2F3N2. The SMILES string of the molecule is NC(c1ccccc1C(F)(F)F)c1ncc(Br)cc1Br. The quantitative estimate of drug-likeness (QED) is 0.782. The average Bonchev–Trinajstić information content (AvgIpc) is 2.37. The molecule has 0 spiro atoms. The lowest BCUT2D eigenvalue weighted by Crippen LogP contribution is -2.19. The zero-order chi connectivity index (χ0) is 14.9. The molecule has 0 fully saturated rings. The highest BCUT2D eigenvalue weighted by atomic mass is 79.9. The summed E-state index contributed by atoms with van der Waals surface area (Å²) in [5.74, 6) is 0. The van der Waals surface area contributed by atoms with Crippen molar-refractivity contribution in [3.63, 3.8) is 0 Å². The van der Waals surface area contributed by atoms with Crippen LogP contribution < -0.4 is 5.73 Å². The molecule has 0 saturated carbocycles. The van der Waals surface area contributed by atoms with Gasteiger partial charge >= 0.3 is 6.18 Å². The summed E-state index contributed by atoms with van der Waals surface area (Å²) in [6.07, 6.45) is -2.95. The Morgan fingerprint density at radius 1 is 1.15 bits per heavy atom. The molecular weight excluding hydrogens is 401 g/mol. The molecule has 0 aliphatic heterocycles. The van der Waals surface area contributed by atoms with E-state index in [-0.39, 0.29) is 5.56 Å². The van der Waals surface area contributed by atoms with Gasteiger partial charge in [0, 0.05) is 15.1 Å². The highest BCUT2D eigenvalue weighted by molar-refractivity contribution is 9.11. The zero-order valence-corrected chi connectivity index (χ0v) is 13.1. The molecule has 2 nitrogen and oxygen atoms in total. The molecule has 0 aliphatic carbocycles. The second-order valence-electron chi connectivity index (χ2n) is 4.08. The van der Waals surface area contributed by atoms with Gasteiger partial charge in [-0.25, -0.2) is 0 Å². The second kappa shape index (κ2) is 5.83. The topological polar surface area (TPSA) is 38.9 Å². The number of nitrogens with zero attached hydrogens (tertiary/aromatic N) is 1. The third-order valence-corrected chi connectivity index (χ3v) is 3.80. The summed E-state index contributed by atoms with van der Waals surface area (Å²) in [5.41, 5.74) is 5.56. The fourth-order valence-corrected chi connectivity index (χ4v) is 3.06. The maximum absolute atomic E-state index is 13.0. The maximum atomic E-state index is 13.0. The van der Waals surface area contributed by atoms with E-state index in [1.807, 2.05) is 0 Å². The Kier molecular flexibility index (Phi) is 4.51. The van der Waals surface area contributed by atoms with Crippen molar-refractivity contribution in [1.82, 2.24) is 4.98 Å². The van der Waals surface area contributed by atoms with E-state index in [1.54, 1.807) is 6.07 Å².